The lowest BCUT2D eigenvalue weighted by molar-refractivity contribution is -0.165. The Kier molecular flexibility index (Phi) is 16.8. The van der Waals surface area contributed by atoms with Gasteiger partial charge in [-0.25, -0.2) is 4.79 Å². The number of aliphatic hydroxyl groups is 1. The Labute approximate surface area is 154 Å². The van der Waals surface area contributed by atoms with Gasteiger partial charge in [0.05, 0.1) is 0 Å². The summed E-state index contributed by atoms with van der Waals surface area (Å²) in [7, 11) is 0. The van der Waals surface area contributed by atoms with Gasteiger partial charge in [0, 0.05) is 6.42 Å². The van der Waals surface area contributed by atoms with Crippen molar-refractivity contribution >= 4 is 11.9 Å². The number of hydrogen-bond acceptors (Lipinski definition) is 4. The molecule has 0 amide bonds. The molecule has 0 aromatic carbocycles. The van der Waals surface area contributed by atoms with Crippen LogP contribution in [0.2, 0.25) is 0 Å². The third-order valence-corrected chi connectivity index (χ3v) is 4.20. The van der Waals surface area contributed by atoms with Gasteiger partial charge in [0.1, 0.15) is 6.10 Å². The summed E-state index contributed by atoms with van der Waals surface area (Å²) < 4.78 is 4.49. The number of carbonyl (C=O) groups excluding carboxylic acids is 2. The molecule has 0 fully saturated rings. The van der Waals surface area contributed by atoms with Gasteiger partial charge in [0.2, 0.25) is 0 Å². The molecule has 1 atom stereocenters. The molecule has 1 N–H and O–H groups in total. The first-order chi connectivity index (χ1) is 12.1. The maximum atomic E-state index is 11.3. The fourth-order valence-corrected chi connectivity index (χ4v) is 2.59. The lowest BCUT2D eigenvalue weighted by atomic mass is 10.1. The van der Waals surface area contributed by atoms with Crippen LogP contribution in [0.1, 0.15) is 104 Å². The van der Waals surface area contributed by atoms with E-state index in [1.807, 2.05) is 0 Å². The molecular formula is C21H38O4. The van der Waals surface area contributed by atoms with E-state index in [1.54, 1.807) is 0 Å². The summed E-state index contributed by atoms with van der Waals surface area (Å²) in [5, 5.41) is 8.94. The number of hydrogen-bond donors (Lipinski definition) is 1. The molecule has 0 aliphatic rings. The van der Waals surface area contributed by atoms with Crippen LogP contribution in [-0.4, -0.2) is 23.1 Å². The molecule has 4 nitrogen and oxygen atoms in total. The predicted octanol–water partition coefficient (Wildman–Crippen LogP) is 5.47. The van der Waals surface area contributed by atoms with Crippen molar-refractivity contribution in [1.82, 2.24) is 0 Å². The Balaban J connectivity index is 3.29. The first-order valence-electron chi connectivity index (χ1n) is 10.2. The van der Waals surface area contributed by atoms with Crippen molar-refractivity contribution in [2.45, 2.75) is 110 Å². The largest absolute Gasteiger partial charge is 0.391 e. The van der Waals surface area contributed by atoms with E-state index >= 15 is 0 Å². The molecule has 0 aliphatic heterocycles. The van der Waals surface area contributed by atoms with Gasteiger partial charge in [-0.1, -0.05) is 70.4 Å². The number of ether oxygens (including phenoxy) is 1. The summed E-state index contributed by atoms with van der Waals surface area (Å²) in [6.07, 6.45) is 19.3. The minimum absolute atomic E-state index is 0.247. The van der Waals surface area contributed by atoms with E-state index in [4.69, 9.17) is 5.11 Å². The third-order valence-electron chi connectivity index (χ3n) is 4.20. The number of carbonyl (C=O) groups is 2. The van der Waals surface area contributed by atoms with Crippen LogP contribution in [0.5, 0.6) is 0 Å². The molecule has 0 saturated heterocycles. The van der Waals surface area contributed by atoms with Crippen molar-refractivity contribution in [3.63, 3.8) is 0 Å². The summed E-state index contributed by atoms with van der Waals surface area (Å²) >= 11 is 0. The van der Waals surface area contributed by atoms with Crippen LogP contribution in [0.3, 0.4) is 0 Å². The van der Waals surface area contributed by atoms with Gasteiger partial charge in [-0.05, 0) is 39.0 Å². The highest BCUT2D eigenvalue weighted by Crippen LogP contribution is 2.10. The van der Waals surface area contributed by atoms with E-state index in [0.29, 0.717) is 0 Å². The van der Waals surface area contributed by atoms with Gasteiger partial charge in [-0.2, -0.15) is 0 Å². The quantitative estimate of drug-likeness (QED) is 0.173. The highest BCUT2D eigenvalue weighted by molar-refractivity contribution is 5.87. The zero-order chi connectivity index (χ0) is 18.8. The van der Waals surface area contributed by atoms with E-state index in [0.717, 1.165) is 25.7 Å². The summed E-state index contributed by atoms with van der Waals surface area (Å²) in [6, 6.07) is 0. The average molecular weight is 355 g/mol. The zero-order valence-corrected chi connectivity index (χ0v) is 16.3. The molecule has 0 aromatic heterocycles. The topological polar surface area (TPSA) is 63.6 Å². The molecule has 0 aliphatic carbocycles. The van der Waals surface area contributed by atoms with Gasteiger partial charge in [0.25, 0.3) is 0 Å². The molecule has 146 valence electrons. The Morgan fingerprint density at radius 3 is 1.84 bits per heavy atom. The van der Waals surface area contributed by atoms with Crippen LogP contribution in [0.4, 0.5) is 0 Å². The molecule has 0 saturated carbocycles. The summed E-state index contributed by atoms with van der Waals surface area (Å²) in [5.74, 6) is -1.40. The minimum Gasteiger partial charge on any atom is -0.391 e. The van der Waals surface area contributed by atoms with Gasteiger partial charge in [-0.3, -0.25) is 4.79 Å². The number of aliphatic hydroxyl groups excluding tert-OH is 1. The van der Waals surface area contributed by atoms with Crippen molar-refractivity contribution in [2.75, 3.05) is 0 Å². The second-order valence-corrected chi connectivity index (χ2v) is 6.80. The highest BCUT2D eigenvalue weighted by atomic mass is 16.6. The molecule has 0 spiro atoms. The molecule has 0 aromatic rings. The van der Waals surface area contributed by atoms with Crippen molar-refractivity contribution in [2.24, 2.45) is 0 Å². The van der Waals surface area contributed by atoms with E-state index in [9.17, 15) is 9.59 Å². The molecule has 4 heteroatoms. The van der Waals surface area contributed by atoms with Gasteiger partial charge in [0.15, 0.2) is 0 Å². The molecule has 0 heterocycles. The van der Waals surface area contributed by atoms with Crippen LogP contribution in [-0.2, 0) is 14.3 Å². The maximum absolute atomic E-state index is 11.3. The van der Waals surface area contributed by atoms with Crippen LogP contribution < -0.4 is 0 Å². The number of unbranched alkanes of at least 4 members (excludes halogenated alkanes) is 11. The van der Waals surface area contributed by atoms with Crippen LogP contribution in [0.25, 0.3) is 0 Å². The first kappa shape index (κ1) is 23.8. The maximum Gasteiger partial charge on any atom is 0.342 e. The van der Waals surface area contributed by atoms with Crippen LogP contribution in [0, 0.1) is 0 Å². The van der Waals surface area contributed by atoms with Crippen LogP contribution in [0.15, 0.2) is 12.2 Å². The van der Waals surface area contributed by atoms with Crippen molar-refractivity contribution in [1.29, 1.82) is 0 Å². The van der Waals surface area contributed by atoms with Crippen molar-refractivity contribution < 1.29 is 19.4 Å². The fourth-order valence-electron chi connectivity index (χ4n) is 2.59. The molecule has 25 heavy (non-hydrogen) atoms. The SMILES string of the molecule is CCCCCCCCC=CCCCCCCCC(=O)OC(=O)C(C)O. The Bertz CT molecular complexity index is 361. The minimum atomic E-state index is -1.24. The monoisotopic (exact) mass is 354 g/mol. The smallest absolute Gasteiger partial charge is 0.342 e. The number of allylic oxidation sites excluding steroid dienone is 2. The van der Waals surface area contributed by atoms with Crippen LogP contribution >= 0.6 is 0 Å². The Morgan fingerprint density at radius 2 is 1.32 bits per heavy atom. The third kappa shape index (κ3) is 17.5. The van der Waals surface area contributed by atoms with Crippen molar-refractivity contribution in [3.8, 4) is 0 Å². The van der Waals surface area contributed by atoms with E-state index in [1.165, 1.54) is 64.7 Å². The standard InChI is InChI=1S/C21H38O4/c1-3-4-5-6-7-8-9-10-11-12-13-14-15-16-17-18-20(23)25-21(24)19(2)22/h10-11,19,22H,3-9,12-18H2,1-2H3. The lowest BCUT2D eigenvalue weighted by Gasteiger charge is -2.04. The molecule has 0 radical (unpaired) electrons. The van der Waals surface area contributed by atoms with Gasteiger partial charge in [-0.15, -0.1) is 0 Å². The lowest BCUT2D eigenvalue weighted by Crippen LogP contribution is -2.22. The van der Waals surface area contributed by atoms with E-state index in [2.05, 4.69) is 23.8 Å². The van der Waals surface area contributed by atoms with E-state index in [-0.39, 0.29) is 6.42 Å². The average Bonchev–Trinajstić information content (AvgIpc) is 2.58. The van der Waals surface area contributed by atoms with Gasteiger partial charge < -0.3 is 9.84 Å². The predicted molar refractivity (Wildman–Crippen MR) is 102 cm³/mol. The van der Waals surface area contributed by atoms with Crippen molar-refractivity contribution in [3.05, 3.63) is 12.2 Å². The number of esters is 2. The van der Waals surface area contributed by atoms with E-state index < -0.39 is 18.0 Å². The van der Waals surface area contributed by atoms with Gasteiger partial charge >= 0.3 is 11.9 Å². The molecule has 1 unspecified atom stereocenters. The zero-order valence-electron chi connectivity index (χ0n) is 16.3. The molecule has 0 bridgehead atoms. The summed E-state index contributed by atoms with van der Waals surface area (Å²) in [4.78, 5) is 22.3. The Hall–Kier alpha value is -1.16. The first-order valence-corrected chi connectivity index (χ1v) is 10.2. The Morgan fingerprint density at radius 1 is 0.840 bits per heavy atom. The fraction of sp³-hybridized carbons (Fsp3) is 0.810. The summed E-state index contributed by atoms with van der Waals surface area (Å²) in [6.45, 7) is 3.54. The molecular weight excluding hydrogens is 316 g/mol. The summed E-state index contributed by atoms with van der Waals surface area (Å²) in [5.41, 5.74) is 0. The highest BCUT2D eigenvalue weighted by Gasteiger charge is 2.14. The second kappa shape index (κ2) is 17.7. The molecule has 0 rings (SSSR count). The number of rotatable bonds is 16. The second-order valence-electron chi connectivity index (χ2n) is 6.80. The normalized spacial score (nSPS) is 12.4.